The van der Waals surface area contributed by atoms with Crippen molar-refractivity contribution in [1.29, 1.82) is 0 Å². The molecule has 0 amide bonds. The fourth-order valence-electron chi connectivity index (χ4n) is 1.48. The average molecular weight is 222 g/mol. The molecule has 0 fully saturated rings. The number of hydrogen-bond donors (Lipinski definition) is 0. The van der Waals surface area contributed by atoms with Crippen LogP contribution in [0.3, 0.4) is 0 Å². The minimum absolute atomic E-state index is 0.0533. The monoisotopic (exact) mass is 222 g/mol. The van der Waals surface area contributed by atoms with E-state index in [9.17, 15) is 4.79 Å². The van der Waals surface area contributed by atoms with Crippen LogP contribution in [0.25, 0.3) is 0 Å². The van der Waals surface area contributed by atoms with E-state index in [0.29, 0.717) is 12.4 Å². The summed E-state index contributed by atoms with van der Waals surface area (Å²) in [6.07, 6.45) is 3.50. The van der Waals surface area contributed by atoms with Gasteiger partial charge in [-0.05, 0) is 19.1 Å². The Morgan fingerprint density at radius 3 is 2.62 bits per heavy atom. The van der Waals surface area contributed by atoms with Crippen molar-refractivity contribution in [3.05, 3.63) is 28.7 Å². The van der Waals surface area contributed by atoms with E-state index in [1.807, 2.05) is 13.8 Å². The van der Waals surface area contributed by atoms with Crippen LogP contribution < -0.4 is 5.69 Å². The second-order valence-corrected chi connectivity index (χ2v) is 3.90. The summed E-state index contributed by atoms with van der Waals surface area (Å²) in [4.78, 5) is 13.2. The van der Waals surface area contributed by atoms with Crippen LogP contribution in [0.5, 0.6) is 0 Å². The molecule has 2 aromatic heterocycles. The van der Waals surface area contributed by atoms with Crippen LogP contribution in [-0.4, -0.2) is 29.3 Å². The Kier molecular flexibility index (Phi) is 2.59. The molecule has 0 bridgehead atoms. The molecule has 7 nitrogen and oxygen atoms in total. The van der Waals surface area contributed by atoms with Crippen molar-refractivity contribution in [3.63, 3.8) is 0 Å². The molecule has 0 N–H and O–H groups in total. The quantitative estimate of drug-likeness (QED) is 0.721. The van der Waals surface area contributed by atoms with E-state index >= 15 is 0 Å². The molecule has 0 aliphatic heterocycles. The van der Waals surface area contributed by atoms with Crippen LogP contribution >= 0.6 is 0 Å². The van der Waals surface area contributed by atoms with Crippen molar-refractivity contribution in [2.45, 2.75) is 26.4 Å². The zero-order valence-corrected chi connectivity index (χ0v) is 9.53. The van der Waals surface area contributed by atoms with E-state index in [0.717, 1.165) is 0 Å². The van der Waals surface area contributed by atoms with E-state index in [-0.39, 0.29) is 11.7 Å². The third-order valence-electron chi connectivity index (χ3n) is 2.29. The zero-order chi connectivity index (χ0) is 11.7. The molecule has 0 aromatic carbocycles. The second kappa shape index (κ2) is 3.92. The van der Waals surface area contributed by atoms with Gasteiger partial charge >= 0.3 is 5.69 Å². The molecule has 0 saturated heterocycles. The van der Waals surface area contributed by atoms with Crippen LogP contribution in [0.15, 0.2) is 17.2 Å². The largest absolute Gasteiger partial charge is 0.328 e. The van der Waals surface area contributed by atoms with E-state index < -0.39 is 0 Å². The first-order valence-electron chi connectivity index (χ1n) is 5.08. The van der Waals surface area contributed by atoms with Gasteiger partial charge in [0.2, 0.25) is 0 Å². The van der Waals surface area contributed by atoms with Crippen LogP contribution in [-0.2, 0) is 13.6 Å². The normalized spacial score (nSPS) is 11.2. The highest BCUT2D eigenvalue weighted by Crippen LogP contribution is 1.99. The minimum Gasteiger partial charge on any atom is -0.297 e. The van der Waals surface area contributed by atoms with Gasteiger partial charge in [0.05, 0.1) is 13.6 Å². The number of nitrogens with zero attached hydrogens (tertiary/aromatic N) is 6. The molecular formula is C9H14N6O. The highest BCUT2D eigenvalue weighted by Gasteiger charge is 2.08. The van der Waals surface area contributed by atoms with Crippen LogP contribution in [0.4, 0.5) is 0 Å². The first-order chi connectivity index (χ1) is 7.58. The standard InChI is InChI=1S/C9H14N6O/c1-7(2)15-5-4-14(9(15)16)6-8-10-12-13(3)11-8/h4-5,7H,6H2,1-3H3. The Morgan fingerprint density at radius 1 is 1.38 bits per heavy atom. The van der Waals surface area contributed by atoms with Crippen LogP contribution in [0.1, 0.15) is 25.7 Å². The number of rotatable bonds is 3. The van der Waals surface area contributed by atoms with Gasteiger partial charge in [-0.25, -0.2) is 4.79 Å². The van der Waals surface area contributed by atoms with Crippen LogP contribution in [0, 0.1) is 0 Å². The topological polar surface area (TPSA) is 70.5 Å². The lowest BCUT2D eigenvalue weighted by molar-refractivity contribution is 0.557. The first-order valence-corrected chi connectivity index (χ1v) is 5.08. The lowest BCUT2D eigenvalue weighted by atomic mass is 10.4. The molecule has 0 radical (unpaired) electrons. The third kappa shape index (κ3) is 1.88. The summed E-state index contributed by atoms with van der Waals surface area (Å²) in [7, 11) is 1.69. The smallest absolute Gasteiger partial charge is 0.297 e. The average Bonchev–Trinajstić information content (AvgIpc) is 2.76. The highest BCUT2D eigenvalue weighted by molar-refractivity contribution is 4.88. The van der Waals surface area contributed by atoms with Gasteiger partial charge in [-0.1, -0.05) is 0 Å². The number of hydrogen-bond acceptors (Lipinski definition) is 4. The molecule has 0 spiro atoms. The van der Waals surface area contributed by atoms with Gasteiger partial charge in [-0.2, -0.15) is 4.80 Å². The summed E-state index contributed by atoms with van der Waals surface area (Å²) in [6.45, 7) is 4.28. The predicted molar refractivity (Wildman–Crippen MR) is 57.0 cm³/mol. The van der Waals surface area contributed by atoms with Crippen molar-refractivity contribution < 1.29 is 0 Å². The molecule has 0 unspecified atom stereocenters. The Balaban J connectivity index is 2.26. The van der Waals surface area contributed by atoms with Gasteiger partial charge in [0.25, 0.3) is 0 Å². The Morgan fingerprint density at radius 2 is 2.12 bits per heavy atom. The molecule has 2 rings (SSSR count). The Hall–Kier alpha value is -1.92. The van der Waals surface area contributed by atoms with Crippen molar-refractivity contribution in [3.8, 4) is 0 Å². The Bertz CT molecular complexity index is 534. The summed E-state index contributed by atoms with van der Waals surface area (Å²) in [5, 5.41) is 11.6. The summed E-state index contributed by atoms with van der Waals surface area (Å²) in [5.74, 6) is 0.533. The lowest BCUT2D eigenvalue weighted by Gasteiger charge is -2.03. The maximum absolute atomic E-state index is 11.9. The SMILES string of the molecule is CC(C)n1ccn(Cc2nnn(C)n2)c1=O. The van der Waals surface area contributed by atoms with Crippen LogP contribution in [0.2, 0.25) is 0 Å². The molecule has 16 heavy (non-hydrogen) atoms. The third-order valence-corrected chi connectivity index (χ3v) is 2.29. The summed E-state index contributed by atoms with van der Waals surface area (Å²) < 4.78 is 3.23. The molecule has 2 heterocycles. The number of aromatic nitrogens is 6. The number of tetrazole rings is 1. The van der Waals surface area contributed by atoms with Crippen molar-refractivity contribution >= 4 is 0 Å². The molecular weight excluding hydrogens is 208 g/mol. The van der Waals surface area contributed by atoms with E-state index in [1.54, 1.807) is 28.6 Å². The summed E-state index contributed by atoms with van der Waals surface area (Å²) >= 11 is 0. The van der Waals surface area contributed by atoms with Gasteiger partial charge in [-0.15, -0.1) is 10.2 Å². The molecule has 0 aliphatic carbocycles. The number of aryl methyl sites for hydroxylation is 1. The van der Waals surface area contributed by atoms with Gasteiger partial charge in [-0.3, -0.25) is 9.13 Å². The van der Waals surface area contributed by atoms with E-state index in [2.05, 4.69) is 15.4 Å². The minimum atomic E-state index is -0.0533. The summed E-state index contributed by atoms with van der Waals surface area (Å²) in [6, 6.07) is 0.156. The highest BCUT2D eigenvalue weighted by atomic mass is 16.1. The van der Waals surface area contributed by atoms with Gasteiger partial charge in [0.15, 0.2) is 5.82 Å². The molecule has 2 aromatic rings. The maximum atomic E-state index is 11.9. The first kappa shape index (κ1) is 10.6. The maximum Gasteiger partial charge on any atom is 0.328 e. The predicted octanol–water partition coefficient (Wildman–Crippen LogP) is -0.198. The van der Waals surface area contributed by atoms with Gasteiger partial charge in [0.1, 0.15) is 0 Å². The van der Waals surface area contributed by atoms with Gasteiger partial charge < -0.3 is 0 Å². The molecule has 0 atom stereocenters. The van der Waals surface area contributed by atoms with E-state index in [4.69, 9.17) is 0 Å². The summed E-state index contributed by atoms with van der Waals surface area (Å²) in [5.41, 5.74) is -0.0533. The molecule has 86 valence electrons. The lowest BCUT2D eigenvalue weighted by Crippen LogP contribution is -2.25. The molecule has 0 aliphatic rings. The van der Waals surface area contributed by atoms with Crippen molar-refractivity contribution in [2.75, 3.05) is 0 Å². The van der Waals surface area contributed by atoms with E-state index in [1.165, 1.54) is 4.80 Å². The zero-order valence-electron chi connectivity index (χ0n) is 9.53. The van der Waals surface area contributed by atoms with Crippen molar-refractivity contribution in [1.82, 2.24) is 29.3 Å². The second-order valence-electron chi connectivity index (χ2n) is 3.90. The Labute approximate surface area is 92.3 Å². The van der Waals surface area contributed by atoms with Crippen molar-refractivity contribution in [2.24, 2.45) is 7.05 Å². The number of imidazole rings is 1. The van der Waals surface area contributed by atoms with Gasteiger partial charge in [0, 0.05) is 18.4 Å². The molecule has 0 saturated carbocycles. The molecule has 7 heteroatoms. The fourth-order valence-corrected chi connectivity index (χ4v) is 1.48. The fraction of sp³-hybridized carbons (Fsp3) is 0.556.